The standard InChI is InChI=1S/C30H42ClNO2/c1-29-16-7-11-24(29)23-13-14-27-30(2,25(23)15-17-29)21(19-28(34)32-27)9-4-3-5-12-26(33)20-8-6-10-22(31)18-20/h6,8,10,18,21,23-25,27H,3-5,7,9,11-17,19H2,1-2H3,(H,32,34)/t21?,23-,24-,25-,27+,29-,30+/m0/s1. The zero-order chi connectivity index (χ0) is 23.9. The number of halogens is 1. The maximum Gasteiger partial charge on any atom is 0.220 e. The van der Waals surface area contributed by atoms with Crippen LogP contribution in [-0.4, -0.2) is 17.7 Å². The number of carbonyl (C=O) groups is 2. The fraction of sp³-hybridized carbons (Fsp3) is 0.733. The Balaban J connectivity index is 1.21. The highest BCUT2D eigenvalue weighted by Gasteiger charge is 2.60. The van der Waals surface area contributed by atoms with Crippen molar-refractivity contribution in [2.75, 3.05) is 0 Å². The first-order valence-electron chi connectivity index (χ1n) is 13.9. The average Bonchev–Trinajstić information content (AvgIpc) is 3.21. The van der Waals surface area contributed by atoms with Crippen LogP contribution in [0.2, 0.25) is 5.02 Å². The van der Waals surface area contributed by atoms with Crippen LogP contribution in [0.4, 0.5) is 0 Å². The van der Waals surface area contributed by atoms with Gasteiger partial charge in [-0.15, -0.1) is 0 Å². The highest BCUT2D eigenvalue weighted by Crippen LogP contribution is 2.65. The second kappa shape index (κ2) is 9.60. The van der Waals surface area contributed by atoms with Crippen molar-refractivity contribution in [3.63, 3.8) is 0 Å². The molecule has 3 saturated carbocycles. The summed E-state index contributed by atoms with van der Waals surface area (Å²) in [5, 5.41) is 4.06. The van der Waals surface area contributed by atoms with Crippen LogP contribution in [0, 0.1) is 34.5 Å². The summed E-state index contributed by atoms with van der Waals surface area (Å²) in [5.41, 5.74) is 1.53. The molecule has 4 heteroatoms. The Labute approximate surface area is 210 Å². The summed E-state index contributed by atoms with van der Waals surface area (Å²) in [6, 6.07) is 7.63. The van der Waals surface area contributed by atoms with E-state index in [0.717, 1.165) is 49.0 Å². The van der Waals surface area contributed by atoms with Gasteiger partial charge in [0.15, 0.2) is 5.78 Å². The van der Waals surface area contributed by atoms with E-state index in [1.54, 1.807) is 6.07 Å². The lowest BCUT2D eigenvalue weighted by atomic mass is 9.45. The molecule has 4 aliphatic rings. The maximum absolute atomic E-state index is 12.7. The quantitative estimate of drug-likeness (QED) is 0.320. The molecule has 1 aliphatic heterocycles. The van der Waals surface area contributed by atoms with E-state index in [2.05, 4.69) is 19.2 Å². The van der Waals surface area contributed by atoms with Gasteiger partial charge in [-0.25, -0.2) is 0 Å². The van der Waals surface area contributed by atoms with E-state index in [9.17, 15) is 9.59 Å². The molecule has 0 bridgehead atoms. The molecule has 1 aromatic rings. The number of Topliss-reactive ketones (excluding diaryl/α,β-unsaturated/α-hetero) is 1. The van der Waals surface area contributed by atoms with E-state index in [-0.39, 0.29) is 17.1 Å². The molecule has 1 aromatic carbocycles. The number of fused-ring (bicyclic) bond motifs is 5. The van der Waals surface area contributed by atoms with Gasteiger partial charge in [0.05, 0.1) is 0 Å². The first-order valence-corrected chi connectivity index (χ1v) is 14.3. The first kappa shape index (κ1) is 24.3. The van der Waals surface area contributed by atoms with Gasteiger partial charge in [-0.2, -0.15) is 0 Å². The number of nitrogens with one attached hydrogen (secondary N) is 1. The van der Waals surface area contributed by atoms with Crippen LogP contribution in [-0.2, 0) is 4.79 Å². The van der Waals surface area contributed by atoms with Crippen LogP contribution in [0.3, 0.4) is 0 Å². The molecule has 7 atom stereocenters. The van der Waals surface area contributed by atoms with Crippen molar-refractivity contribution in [2.24, 2.45) is 34.5 Å². The van der Waals surface area contributed by atoms with Crippen LogP contribution in [0.15, 0.2) is 24.3 Å². The van der Waals surface area contributed by atoms with E-state index in [1.807, 2.05) is 18.2 Å². The van der Waals surface area contributed by atoms with Gasteiger partial charge in [-0.1, -0.05) is 56.8 Å². The van der Waals surface area contributed by atoms with Gasteiger partial charge in [0.1, 0.15) is 0 Å². The van der Waals surface area contributed by atoms with Crippen LogP contribution >= 0.6 is 11.6 Å². The summed E-state index contributed by atoms with van der Waals surface area (Å²) in [6.45, 7) is 5.11. The smallest absolute Gasteiger partial charge is 0.220 e. The Morgan fingerprint density at radius 2 is 1.91 bits per heavy atom. The number of amides is 1. The largest absolute Gasteiger partial charge is 0.353 e. The molecule has 5 rings (SSSR count). The molecule has 0 spiro atoms. The number of unbranched alkanes of at least 4 members (excludes halogenated alkanes) is 2. The van der Waals surface area contributed by atoms with E-state index < -0.39 is 0 Å². The minimum atomic E-state index is 0.184. The second-order valence-electron chi connectivity index (χ2n) is 12.5. The minimum Gasteiger partial charge on any atom is -0.353 e. The lowest BCUT2D eigenvalue weighted by Crippen LogP contribution is -2.64. The second-order valence-corrected chi connectivity index (χ2v) is 12.9. The molecule has 4 fully saturated rings. The van der Waals surface area contributed by atoms with Gasteiger partial charge < -0.3 is 5.32 Å². The number of piperidine rings is 1. The van der Waals surface area contributed by atoms with E-state index >= 15 is 0 Å². The van der Waals surface area contributed by atoms with Crippen molar-refractivity contribution >= 4 is 23.3 Å². The topological polar surface area (TPSA) is 46.2 Å². The molecule has 186 valence electrons. The third-order valence-electron chi connectivity index (χ3n) is 10.8. The highest BCUT2D eigenvalue weighted by atomic mass is 35.5. The van der Waals surface area contributed by atoms with E-state index in [0.29, 0.717) is 35.2 Å². The molecule has 3 nitrogen and oxygen atoms in total. The molecule has 34 heavy (non-hydrogen) atoms. The van der Waals surface area contributed by atoms with E-state index in [1.165, 1.54) is 44.9 Å². The highest BCUT2D eigenvalue weighted by molar-refractivity contribution is 6.31. The molecule has 1 saturated heterocycles. The molecule has 0 radical (unpaired) electrons. The fourth-order valence-electron chi connectivity index (χ4n) is 8.97. The average molecular weight is 484 g/mol. The molecule has 3 aliphatic carbocycles. The molecular weight excluding hydrogens is 442 g/mol. The monoisotopic (exact) mass is 483 g/mol. The normalized spacial score (nSPS) is 39.0. The first-order chi connectivity index (χ1) is 16.3. The van der Waals surface area contributed by atoms with Gasteiger partial charge >= 0.3 is 0 Å². The predicted octanol–water partition coefficient (Wildman–Crippen LogP) is 7.61. The molecular formula is C30H42ClNO2. The number of rotatable bonds is 7. The van der Waals surface area contributed by atoms with Crippen molar-refractivity contribution < 1.29 is 9.59 Å². The van der Waals surface area contributed by atoms with Crippen molar-refractivity contribution in [1.29, 1.82) is 0 Å². The number of benzene rings is 1. The van der Waals surface area contributed by atoms with E-state index in [4.69, 9.17) is 11.6 Å². The summed E-state index contributed by atoms with van der Waals surface area (Å²) < 4.78 is 0. The van der Waals surface area contributed by atoms with Gasteiger partial charge in [-0.3, -0.25) is 9.59 Å². The molecule has 1 unspecified atom stereocenters. The Kier molecular flexibility index (Phi) is 6.88. The van der Waals surface area contributed by atoms with Gasteiger partial charge in [0.25, 0.3) is 0 Å². The van der Waals surface area contributed by atoms with Crippen molar-refractivity contribution in [2.45, 2.75) is 103 Å². The molecule has 1 amide bonds. The SMILES string of the molecule is C[C@@]12CCC[C@H]1[C@@H]1CC[C@H]3NC(=O)CC(CCCCCC(=O)c4cccc(Cl)c4)[C@]3(C)[C@H]1CC2. The zero-order valence-electron chi connectivity index (χ0n) is 21.1. The Bertz CT molecular complexity index is 930. The third-order valence-corrected chi connectivity index (χ3v) is 11.0. The lowest BCUT2D eigenvalue weighted by molar-refractivity contribution is -0.147. The summed E-state index contributed by atoms with van der Waals surface area (Å²) in [7, 11) is 0. The lowest BCUT2D eigenvalue weighted by Gasteiger charge is -2.62. The Morgan fingerprint density at radius 1 is 1.06 bits per heavy atom. The van der Waals surface area contributed by atoms with Crippen LogP contribution < -0.4 is 5.32 Å². The molecule has 0 aromatic heterocycles. The maximum atomic E-state index is 12.7. The van der Waals surface area contributed by atoms with Crippen molar-refractivity contribution in [1.82, 2.24) is 5.32 Å². The summed E-state index contributed by atoms with van der Waals surface area (Å²) in [4.78, 5) is 25.2. The molecule has 1 heterocycles. The summed E-state index contributed by atoms with van der Waals surface area (Å²) in [6.07, 6.45) is 15.0. The Hall–Kier alpha value is -1.35. The minimum absolute atomic E-state index is 0.184. The molecule has 1 N–H and O–H groups in total. The van der Waals surface area contributed by atoms with Gasteiger partial charge in [0.2, 0.25) is 5.91 Å². The number of hydrogen-bond donors (Lipinski definition) is 1. The van der Waals surface area contributed by atoms with Crippen LogP contribution in [0.25, 0.3) is 0 Å². The van der Waals surface area contributed by atoms with Gasteiger partial charge in [-0.05, 0) is 98.0 Å². The summed E-state index contributed by atoms with van der Waals surface area (Å²) >= 11 is 6.04. The van der Waals surface area contributed by atoms with Crippen LogP contribution in [0.1, 0.15) is 108 Å². The predicted molar refractivity (Wildman–Crippen MR) is 138 cm³/mol. The van der Waals surface area contributed by atoms with Crippen molar-refractivity contribution in [3.8, 4) is 0 Å². The Morgan fingerprint density at radius 3 is 2.74 bits per heavy atom. The van der Waals surface area contributed by atoms with Crippen molar-refractivity contribution in [3.05, 3.63) is 34.9 Å². The zero-order valence-corrected chi connectivity index (χ0v) is 21.8. The fourth-order valence-corrected chi connectivity index (χ4v) is 9.16. The van der Waals surface area contributed by atoms with Gasteiger partial charge in [0, 0.05) is 29.5 Å². The third kappa shape index (κ3) is 4.36. The number of ketones is 1. The number of hydrogen-bond acceptors (Lipinski definition) is 2. The number of carbonyl (C=O) groups excluding carboxylic acids is 2. The van der Waals surface area contributed by atoms with Crippen LogP contribution in [0.5, 0.6) is 0 Å². The summed E-state index contributed by atoms with van der Waals surface area (Å²) in [5.74, 6) is 3.45.